The number of hydrogen-bond acceptors (Lipinski definition) is 5. The third-order valence-corrected chi connectivity index (χ3v) is 7.96. The zero-order valence-electron chi connectivity index (χ0n) is 22.8. The van der Waals surface area contributed by atoms with E-state index < -0.39 is 12.1 Å². The minimum absolute atomic E-state index is 0.105. The van der Waals surface area contributed by atoms with Crippen LogP contribution in [0.5, 0.6) is 5.75 Å². The van der Waals surface area contributed by atoms with E-state index in [1.807, 2.05) is 78.2 Å². The molecule has 0 bridgehead atoms. The Labute approximate surface area is 255 Å². The first-order valence-electron chi connectivity index (χ1n) is 13.5. The van der Waals surface area contributed by atoms with Gasteiger partial charge in [0.05, 0.1) is 24.3 Å². The molecule has 0 aliphatic carbocycles. The topological polar surface area (TPSA) is 65.5 Å². The Kier molecular flexibility index (Phi) is 9.19. The Hall–Kier alpha value is -3.10. The zero-order valence-corrected chi connectivity index (χ0v) is 25.1. The molecule has 1 saturated heterocycles. The Morgan fingerprint density at radius 2 is 1.49 bits per heavy atom. The van der Waals surface area contributed by atoms with Crippen molar-refractivity contribution in [1.82, 2.24) is 14.7 Å². The molecule has 214 valence electrons. The van der Waals surface area contributed by atoms with Crippen LogP contribution in [0.1, 0.15) is 42.6 Å². The van der Waals surface area contributed by atoms with Gasteiger partial charge in [-0.1, -0.05) is 59.1 Å². The molecule has 3 aromatic rings. The first kappa shape index (κ1) is 29.4. The van der Waals surface area contributed by atoms with E-state index in [1.165, 1.54) is 0 Å². The monoisotopic (exact) mass is 612 g/mol. The van der Waals surface area contributed by atoms with Crippen molar-refractivity contribution in [2.75, 3.05) is 32.7 Å². The van der Waals surface area contributed by atoms with E-state index in [-0.39, 0.29) is 12.1 Å². The van der Waals surface area contributed by atoms with E-state index in [0.717, 1.165) is 17.4 Å². The number of ether oxygens (including phenoxy) is 1. The maximum absolute atomic E-state index is 14.5. The average Bonchev–Trinajstić information content (AvgIpc) is 3.35. The summed E-state index contributed by atoms with van der Waals surface area (Å²) in [6.45, 7) is 6.43. The van der Waals surface area contributed by atoms with Gasteiger partial charge in [-0.3, -0.25) is 14.8 Å². The highest BCUT2D eigenvalue weighted by Gasteiger charge is 2.45. The Bertz CT molecular complexity index is 1420. The molecule has 0 saturated carbocycles. The van der Waals surface area contributed by atoms with Crippen molar-refractivity contribution in [3.63, 3.8) is 0 Å². The number of urea groups is 1. The molecule has 2 unspecified atom stereocenters. The molecule has 41 heavy (non-hydrogen) atoms. The second kappa shape index (κ2) is 12.8. The fraction of sp³-hybridized carbons (Fsp3) is 0.323. The van der Waals surface area contributed by atoms with Gasteiger partial charge in [-0.25, -0.2) is 4.79 Å². The summed E-state index contributed by atoms with van der Waals surface area (Å²) in [5.74, 6) is 1.06. The number of hydrogen-bond donors (Lipinski definition) is 0. The minimum Gasteiger partial charge on any atom is -0.490 e. The van der Waals surface area contributed by atoms with Crippen molar-refractivity contribution < 1.29 is 14.3 Å². The molecule has 0 aromatic heterocycles. The molecular weight excluding hydrogens is 583 g/mol. The fourth-order valence-corrected chi connectivity index (χ4v) is 5.69. The van der Waals surface area contributed by atoms with Crippen LogP contribution in [0.4, 0.5) is 4.79 Å². The highest BCUT2D eigenvalue weighted by atomic mass is 35.5. The van der Waals surface area contributed by atoms with Crippen LogP contribution >= 0.6 is 34.8 Å². The van der Waals surface area contributed by atoms with Gasteiger partial charge in [-0.05, 0) is 67.4 Å². The molecule has 10 heteroatoms. The van der Waals surface area contributed by atoms with Crippen molar-refractivity contribution >= 4 is 53.0 Å². The fourth-order valence-electron chi connectivity index (χ4n) is 5.27. The number of halogens is 3. The smallest absolute Gasteiger partial charge is 0.326 e. The van der Waals surface area contributed by atoms with Gasteiger partial charge >= 0.3 is 6.03 Å². The first-order valence-corrected chi connectivity index (χ1v) is 14.7. The average molecular weight is 614 g/mol. The van der Waals surface area contributed by atoms with Crippen LogP contribution in [0, 0.1) is 0 Å². The predicted molar refractivity (Wildman–Crippen MR) is 163 cm³/mol. The molecule has 0 spiro atoms. The van der Waals surface area contributed by atoms with Gasteiger partial charge in [-0.15, -0.1) is 0 Å². The molecule has 2 aliphatic rings. The summed E-state index contributed by atoms with van der Waals surface area (Å²) in [5, 5.41) is 1.72. The molecule has 1 fully saturated rings. The number of rotatable bonds is 7. The number of aldehydes is 1. The van der Waals surface area contributed by atoms with E-state index in [4.69, 9.17) is 44.5 Å². The molecule has 2 heterocycles. The third-order valence-electron chi connectivity index (χ3n) is 7.22. The zero-order chi connectivity index (χ0) is 29.1. The number of piperazine rings is 1. The maximum atomic E-state index is 14.5. The Morgan fingerprint density at radius 3 is 2.07 bits per heavy atom. The van der Waals surface area contributed by atoms with E-state index in [0.29, 0.717) is 64.9 Å². The van der Waals surface area contributed by atoms with Crippen molar-refractivity contribution in [2.45, 2.75) is 32.0 Å². The third kappa shape index (κ3) is 6.54. The molecule has 7 nitrogen and oxygen atoms in total. The molecule has 0 radical (unpaired) electrons. The second-order valence-electron chi connectivity index (χ2n) is 10.4. The number of nitrogens with zero attached hydrogens (tertiary/aromatic N) is 4. The molecule has 3 aromatic carbocycles. The van der Waals surface area contributed by atoms with Crippen LogP contribution in [0.15, 0.2) is 71.7 Å². The summed E-state index contributed by atoms with van der Waals surface area (Å²) in [6, 6.07) is 19.3. The lowest BCUT2D eigenvalue weighted by Crippen LogP contribution is -2.54. The predicted octanol–water partition coefficient (Wildman–Crippen LogP) is 6.92. The largest absolute Gasteiger partial charge is 0.490 e. The lowest BCUT2D eigenvalue weighted by Gasteiger charge is -2.38. The molecule has 0 N–H and O–H groups in total. The van der Waals surface area contributed by atoms with Crippen LogP contribution in [0.25, 0.3) is 0 Å². The van der Waals surface area contributed by atoms with Gasteiger partial charge in [0.15, 0.2) is 0 Å². The van der Waals surface area contributed by atoms with E-state index >= 15 is 0 Å². The summed E-state index contributed by atoms with van der Waals surface area (Å²) in [6.07, 6.45) is 0.789. The number of aliphatic imine (C=N–C) groups is 1. The highest BCUT2D eigenvalue weighted by molar-refractivity contribution is 6.31. The lowest BCUT2D eigenvalue weighted by atomic mass is 9.93. The Morgan fingerprint density at radius 1 is 0.902 bits per heavy atom. The summed E-state index contributed by atoms with van der Waals surface area (Å²) in [5.41, 5.74) is 2.43. The molecule has 5 rings (SSSR count). The first-order chi connectivity index (χ1) is 19.7. The summed E-state index contributed by atoms with van der Waals surface area (Å²) in [7, 11) is 0. The van der Waals surface area contributed by atoms with Gasteiger partial charge < -0.3 is 14.4 Å². The van der Waals surface area contributed by atoms with Gasteiger partial charge in [0.1, 0.15) is 23.9 Å². The number of amides is 2. The van der Waals surface area contributed by atoms with Crippen molar-refractivity contribution in [3.05, 3.63) is 98.5 Å². The van der Waals surface area contributed by atoms with Gasteiger partial charge in [0.2, 0.25) is 0 Å². The van der Waals surface area contributed by atoms with Crippen LogP contribution in [-0.2, 0) is 4.79 Å². The quantitative estimate of drug-likeness (QED) is 0.272. The molecule has 2 atom stereocenters. The molecular formula is C31H31Cl3N4O3. The standard InChI is InChI=1S/C31H31Cl3N4O3/c1-20(2)41-27-12-11-25(34)19-26(27)30-35-28(21-3-7-23(32)8-4-21)29(22-5-9-24(33)10-6-22)38(30)31(40)37-15-13-36(14-16-37)17-18-39/h3-12,18-20,28-29H,13-17H2,1-2H3. The minimum atomic E-state index is -0.477. The van der Waals surface area contributed by atoms with E-state index in [9.17, 15) is 9.59 Å². The number of carbonyl (C=O) groups is 2. The van der Waals surface area contributed by atoms with Gasteiger partial charge in [-0.2, -0.15) is 0 Å². The lowest BCUT2D eigenvalue weighted by molar-refractivity contribution is -0.109. The van der Waals surface area contributed by atoms with Crippen LogP contribution < -0.4 is 4.74 Å². The van der Waals surface area contributed by atoms with E-state index in [2.05, 4.69) is 0 Å². The number of amidine groups is 1. The molecule has 2 aliphatic heterocycles. The highest BCUT2D eigenvalue weighted by Crippen LogP contribution is 2.45. The molecule has 2 amide bonds. The van der Waals surface area contributed by atoms with Crippen LogP contribution in [-0.4, -0.2) is 71.7 Å². The second-order valence-corrected chi connectivity index (χ2v) is 11.7. The summed E-state index contributed by atoms with van der Waals surface area (Å²) >= 11 is 19.0. The van der Waals surface area contributed by atoms with Crippen molar-refractivity contribution in [2.24, 2.45) is 4.99 Å². The van der Waals surface area contributed by atoms with Crippen molar-refractivity contribution in [3.8, 4) is 5.75 Å². The van der Waals surface area contributed by atoms with Crippen LogP contribution in [0.3, 0.4) is 0 Å². The number of carbonyl (C=O) groups excluding carboxylic acids is 2. The van der Waals surface area contributed by atoms with E-state index in [1.54, 1.807) is 17.0 Å². The SMILES string of the molecule is CC(C)Oc1ccc(Cl)cc1C1=NC(c2ccc(Cl)cc2)C(c2ccc(Cl)cc2)N1C(=O)N1CCN(CC=O)CC1. The summed E-state index contributed by atoms with van der Waals surface area (Å²) in [4.78, 5) is 36.4. The Balaban J connectivity index is 1.65. The normalized spacial score (nSPS) is 19.4. The van der Waals surface area contributed by atoms with Gasteiger partial charge in [0.25, 0.3) is 0 Å². The van der Waals surface area contributed by atoms with Crippen molar-refractivity contribution in [1.29, 1.82) is 0 Å². The van der Waals surface area contributed by atoms with Gasteiger partial charge in [0, 0.05) is 41.2 Å². The summed E-state index contributed by atoms with van der Waals surface area (Å²) < 4.78 is 6.17. The maximum Gasteiger partial charge on any atom is 0.326 e. The van der Waals surface area contributed by atoms with Crippen LogP contribution in [0.2, 0.25) is 15.1 Å². The number of benzene rings is 3.